The molecule has 56 valence electrons. The minimum atomic E-state index is 0. The van der Waals surface area contributed by atoms with Gasteiger partial charge in [-0.2, -0.15) is 11.3 Å². The third-order valence-corrected chi connectivity index (χ3v) is 2.69. The number of halogens is 2. The number of carbonyl (C=O) groups excluding carboxylic acids is 1. The quantitative estimate of drug-likeness (QED) is 0.494. The zero-order valence-electron chi connectivity index (χ0n) is 5.60. The standard InChI is InChI=1S/C5HBrClOS.Li.H2O/c6-5-1-3(7)4(2-8)9-5;;/h1H;;1H2/q-1;+1;/p-1. The molecule has 0 radical (unpaired) electrons. The van der Waals surface area contributed by atoms with Crippen molar-refractivity contribution in [2.75, 3.05) is 0 Å². The van der Waals surface area contributed by atoms with Gasteiger partial charge < -0.3 is 10.3 Å². The van der Waals surface area contributed by atoms with Gasteiger partial charge in [0.15, 0.2) is 0 Å². The Morgan fingerprint density at radius 1 is 1.64 bits per heavy atom. The van der Waals surface area contributed by atoms with Crippen molar-refractivity contribution in [1.29, 1.82) is 0 Å². The van der Waals surface area contributed by atoms with E-state index >= 15 is 0 Å². The topological polar surface area (TPSA) is 47.1 Å². The predicted octanol–water partition coefficient (Wildman–Crippen LogP) is -0.551. The SMILES string of the molecule is O=[C-]c1sc(Br)cc1Cl.[Li+].[OH-]. The predicted molar refractivity (Wildman–Crippen MR) is 43.8 cm³/mol. The minimum Gasteiger partial charge on any atom is -0.870 e. The van der Waals surface area contributed by atoms with E-state index in [1.807, 2.05) is 0 Å². The van der Waals surface area contributed by atoms with Crippen molar-refractivity contribution < 1.29 is 29.1 Å². The maximum absolute atomic E-state index is 10.0. The summed E-state index contributed by atoms with van der Waals surface area (Å²) in [5.74, 6) is 0. The van der Waals surface area contributed by atoms with Crippen molar-refractivity contribution in [2.24, 2.45) is 0 Å². The molecule has 2 nitrogen and oxygen atoms in total. The molecule has 0 saturated carbocycles. The molecule has 0 aliphatic rings. The largest absolute Gasteiger partial charge is 1.00 e. The van der Waals surface area contributed by atoms with Crippen molar-refractivity contribution in [3.05, 3.63) is 19.8 Å². The molecule has 0 amide bonds. The first-order valence-electron chi connectivity index (χ1n) is 2.07. The second-order valence-corrected chi connectivity index (χ2v) is 4.17. The van der Waals surface area contributed by atoms with Crippen LogP contribution in [0.15, 0.2) is 9.85 Å². The monoisotopic (exact) mass is 247 g/mol. The zero-order valence-corrected chi connectivity index (χ0v) is 8.76. The average molecular weight is 248 g/mol. The van der Waals surface area contributed by atoms with Gasteiger partial charge in [-0.25, -0.2) is 11.6 Å². The van der Waals surface area contributed by atoms with E-state index < -0.39 is 0 Å². The van der Waals surface area contributed by atoms with Crippen LogP contribution in [0.1, 0.15) is 4.88 Å². The van der Waals surface area contributed by atoms with E-state index in [0.29, 0.717) is 9.90 Å². The van der Waals surface area contributed by atoms with E-state index in [1.54, 1.807) is 12.4 Å². The summed E-state index contributed by atoms with van der Waals surface area (Å²) in [6.07, 6.45) is 1.72. The van der Waals surface area contributed by atoms with Crippen LogP contribution in [-0.2, 0) is 4.79 Å². The summed E-state index contributed by atoms with van der Waals surface area (Å²) in [6, 6.07) is 1.67. The Hall–Kier alpha value is 0.697. The van der Waals surface area contributed by atoms with Crippen LogP contribution in [0.25, 0.3) is 0 Å². The first-order chi connectivity index (χ1) is 4.24. The van der Waals surface area contributed by atoms with Crippen LogP contribution in [0, 0.1) is 0 Å². The maximum atomic E-state index is 10.0. The number of rotatable bonds is 1. The number of thiophene rings is 1. The molecule has 0 fully saturated rings. The summed E-state index contributed by atoms with van der Waals surface area (Å²) < 4.78 is 0.853. The molecule has 1 aromatic rings. The molecule has 0 spiro atoms. The van der Waals surface area contributed by atoms with E-state index in [0.717, 1.165) is 3.79 Å². The Bertz CT molecular complexity index is 240. The minimum absolute atomic E-state index is 0. The van der Waals surface area contributed by atoms with Crippen molar-refractivity contribution in [1.82, 2.24) is 0 Å². The second kappa shape index (κ2) is 6.24. The maximum Gasteiger partial charge on any atom is 1.00 e. The van der Waals surface area contributed by atoms with Gasteiger partial charge in [0.1, 0.15) is 0 Å². The van der Waals surface area contributed by atoms with Crippen molar-refractivity contribution >= 4 is 45.2 Å². The third-order valence-electron chi connectivity index (χ3n) is 0.749. The summed E-state index contributed by atoms with van der Waals surface area (Å²) in [5, 5.41) is 0.460. The molecule has 1 rings (SSSR count). The van der Waals surface area contributed by atoms with Crippen LogP contribution in [-0.4, -0.2) is 11.8 Å². The van der Waals surface area contributed by atoms with Crippen LogP contribution in [0.4, 0.5) is 0 Å². The zero-order chi connectivity index (χ0) is 6.85. The molecule has 6 heteroatoms. The Labute approximate surface area is 93.5 Å². The van der Waals surface area contributed by atoms with Gasteiger partial charge in [-0.1, -0.05) is 9.90 Å². The van der Waals surface area contributed by atoms with Crippen molar-refractivity contribution in [3.63, 3.8) is 0 Å². The molecule has 0 saturated heterocycles. The van der Waals surface area contributed by atoms with E-state index in [1.165, 1.54) is 11.3 Å². The molecule has 0 aliphatic heterocycles. The molecule has 0 atom stereocenters. The molecule has 1 N–H and O–H groups in total. The summed E-state index contributed by atoms with van der Waals surface area (Å²) in [5.41, 5.74) is 0. The van der Waals surface area contributed by atoms with Gasteiger partial charge in [-0.3, -0.25) is 0 Å². The second-order valence-electron chi connectivity index (χ2n) is 1.33. The summed E-state index contributed by atoms with van der Waals surface area (Å²) >= 11 is 10.0. The van der Waals surface area contributed by atoms with Crippen molar-refractivity contribution in [3.8, 4) is 0 Å². The molecule has 0 aliphatic carbocycles. The summed E-state index contributed by atoms with van der Waals surface area (Å²) in [6.45, 7) is 0. The van der Waals surface area contributed by atoms with Crippen LogP contribution in [0.5, 0.6) is 0 Å². The smallest absolute Gasteiger partial charge is 0.870 e. The van der Waals surface area contributed by atoms with Gasteiger partial charge in [0, 0.05) is 6.29 Å². The van der Waals surface area contributed by atoms with E-state index in [2.05, 4.69) is 15.9 Å². The van der Waals surface area contributed by atoms with Gasteiger partial charge in [0.05, 0.1) is 3.79 Å². The Morgan fingerprint density at radius 2 is 2.18 bits per heavy atom. The Balaban J connectivity index is 0. The van der Waals surface area contributed by atoms with E-state index in [-0.39, 0.29) is 24.3 Å². The van der Waals surface area contributed by atoms with Crippen molar-refractivity contribution in [2.45, 2.75) is 0 Å². The molecular weight excluding hydrogens is 246 g/mol. The summed E-state index contributed by atoms with van der Waals surface area (Å²) in [4.78, 5) is 10.5. The fourth-order valence-electron chi connectivity index (χ4n) is 0.410. The van der Waals surface area contributed by atoms with Gasteiger partial charge in [-0.15, -0.1) is 6.07 Å². The van der Waals surface area contributed by atoms with Gasteiger partial charge in [0.2, 0.25) is 0 Å². The van der Waals surface area contributed by atoms with E-state index in [9.17, 15) is 4.79 Å². The fourth-order valence-corrected chi connectivity index (χ4v) is 2.15. The molecule has 1 aromatic heterocycles. The third kappa shape index (κ3) is 3.75. The molecule has 11 heavy (non-hydrogen) atoms. The molecule has 1 heterocycles. The summed E-state index contributed by atoms with van der Waals surface area (Å²) in [7, 11) is 0. The van der Waals surface area contributed by atoms with Gasteiger partial charge in [-0.05, 0) is 15.9 Å². The van der Waals surface area contributed by atoms with Crippen LogP contribution in [0.3, 0.4) is 0 Å². The number of hydrogen-bond donors (Lipinski definition) is 0. The van der Waals surface area contributed by atoms with Crippen LogP contribution < -0.4 is 18.9 Å². The first-order valence-corrected chi connectivity index (χ1v) is 4.06. The molecular formula is C5H2BrClLiO2S-. The number of hydrogen-bond acceptors (Lipinski definition) is 3. The molecule has 0 unspecified atom stereocenters. The molecule has 0 aromatic carbocycles. The molecule has 0 bridgehead atoms. The Morgan fingerprint density at radius 3 is 2.36 bits per heavy atom. The van der Waals surface area contributed by atoms with Crippen LogP contribution in [0.2, 0.25) is 5.02 Å². The van der Waals surface area contributed by atoms with Gasteiger partial charge in [0.25, 0.3) is 0 Å². The van der Waals surface area contributed by atoms with E-state index in [4.69, 9.17) is 11.6 Å². The first kappa shape index (κ1) is 14.2. The normalized spacial score (nSPS) is 7.82. The van der Waals surface area contributed by atoms with Gasteiger partial charge >= 0.3 is 18.9 Å². The fraction of sp³-hybridized carbons (Fsp3) is 0. The average Bonchev–Trinajstić information content (AvgIpc) is 2.10. The van der Waals surface area contributed by atoms with Crippen LogP contribution >= 0.6 is 38.9 Å². The Kier molecular flexibility index (Phi) is 8.07.